The van der Waals surface area contributed by atoms with E-state index >= 15 is 0 Å². The number of allylic oxidation sites excluding steroid dienone is 1. The van der Waals surface area contributed by atoms with E-state index in [0.717, 1.165) is 11.1 Å². The van der Waals surface area contributed by atoms with E-state index in [1.165, 1.54) is 23.4 Å². The summed E-state index contributed by atoms with van der Waals surface area (Å²) in [5.74, 6) is -0.321. The molecule has 0 saturated carbocycles. The van der Waals surface area contributed by atoms with Crippen molar-refractivity contribution >= 4 is 23.4 Å². The van der Waals surface area contributed by atoms with Gasteiger partial charge in [0.1, 0.15) is 5.75 Å². The summed E-state index contributed by atoms with van der Waals surface area (Å²) in [6.07, 6.45) is 3.87. The average molecular weight is 349 g/mol. The number of carbonyl (C=O) groups excluding carboxylic acids is 1. The van der Waals surface area contributed by atoms with E-state index in [-0.39, 0.29) is 17.2 Å². The molecule has 5 heteroatoms. The summed E-state index contributed by atoms with van der Waals surface area (Å²) in [7, 11) is 2.09. The van der Waals surface area contributed by atoms with Crippen LogP contribution < -0.4 is 10.3 Å². The molecule has 0 bridgehead atoms. The Labute approximate surface area is 153 Å². The van der Waals surface area contributed by atoms with Crippen LogP contribution in [0.5, 0.6) is 5.75 Å². The number of amides is 1. The average Bonchev–Trinajstić information content (AvgIpc) is 2.59. The van der Waals surface area contributed by atoms with E-state index < -0.39 is 0 Å². The number of hydrogen-bond acceptors (Lipinski definition) is 4. The highest BCUT2D eigenvalue weighted by atomic mass is 16.3. The minimum absolute atomic E-state index is 0.0259. The van der Waals surface area contributed by atoms with E-state index in [9.17, 15) is 9.90 Å². The highest BCUT2D eigenvalue weighted by Crippen LogP contribution is 2.37. The number of phenols is 1. The number of nitrogens with zero attached hydrogens (tertiary/aromatic N) is 2. The van der Waals surface area contributed by atoms with Crippen LogP contribution in [0.15, 0.2) is 53.6 Å². The van der Waals surface area contributed by atoms with Crippen molar-refractivity contribution in [1.29, 1.82) is 0 Å². The molecule has 1 amide bonds. The van der Waals surface area contributed by atoms with Crippen molar-refractivity contribution in [3.63, 3.8) is 0 Å². The lowest BCUT2D eigenvalue weighted by atomic mass is 9.89. The molecule has 2 aromatic rings. The summed E-state index contributed by atoms with van der Waals surface area (Å²) in [5.41, 5.74) is 7.28. The van der Waals surface area contributed by atoms with Gasteiger partial charge in [-0.15, -0.1) is 0 Å². The molecule has 26 heavy (non-hydrogen) atoms. The van der Waals surface area contributed by atoms with Crippen LogP contribution in [-0.2, 0) is 0 Å². The summed E-state index contributed by atoms with van der Waals surface area (Å²) < 4.78 is 0. The van der Waals surface area contributed by atoms with Crippen LogP contribution in [0.1, 0.15) is 42.3 Å². The molecule has 1 heterocycles. The molecule has 0 aliphatic carbocycles. The number of nitrogens with one attached hydrogen (secondary N) is 1. The largest absolute Gasteiger partial charge is 0.508 e. The van der Waals surface area contributed by atoms with Crippen LogP contribution in [0.3, 0.4) is 0 Å². The Morgan fingerprint density at radius 3 is 2.73 bits per heavy atom. The fraction of sp³-hybridized carbons (Fsp3) is 0.238. The Balaban J connectivity index is 1.77. The van der Waals surface area contributed by atoms with Gasteiger partial charge in [0, 0.05) is 23.9 Å². The minimum Gasteiger partial charge on any atom is -0.508 e. The van der Waals surface area contributed by atoms with Crippen molar-refractivity contribution in [3.05, 3.63) is 65.2 Å². The zero-order valence-electron chi connectivity index (χ0n) is 15.4. The standard InChI is InChI=1S/C21H23N3O2/c1-14-12-21(2,3)24(4)19-9-8-15(10-18(14)19)13-22-23-20(26)16-6-5-7-17(25)11-16/h5-13,25H,1-4H3,(H,23,26)/b22-13+. The van der Waals surface area contributed by atoms with Gasteiger partial charge in [0.15, 0.2) is 0 Å². The van der Waals surface area contributed by atoms with Crippen LogP contribution >= 0.6 is 0 Å². The molecule has 2 aromatic carbocycles. The molecular weight excluding hydrogens is 326 g/mol. The zero-order chi connectivity index (χ0) is 18.9. The predicted molar refractivity (Wildman–Crippen MR) is 106 cm³/mol. The number of hydrazone groups is 1. The van der Waals surface area contributed by atoms with Gasteiger partial charge in [-0.25, -0.2) is 5.43 Å². The van der Waals surface area contributed by atoms with Crippen LogP contribution in [0.25, 0.3) is 5.57 Å². The summed E-state index contributed by atoms with van der Waals surface area (Å²) in [4.78, 5) is 14.3. The van der Waals surface area contributed by atoms with Crippen molar-refractivity contribution in [1.82, 2.24) is 5.43 Å². The molecule has 0 radical (unpaired) electrons. The fourth-order valence-corrected chi connectivity index (χ4v) is 3.13. The second-order valence-corrected chi connectivity index (χ2v) is 7.07. The van der Waals surface area contributed by atoms with Crippen LogP contribution in [0.2, 0.25) is 0 Å². The normalized spacial score (nSPS) is 15.5. The summed E-state index contributed by atoms with van der Waals surface area (Å²) in [5, 5.41) is 13.5. The van der Waals surface area contributed by atoms with Gasteiger partial charge in [0.25, 0.3) is 5.91 Å². The first-order chi connectivity index (χ1) is 12.3. The number of anilines is 1. The molecule has 0 spiro atoms. The van der Waals surface area contributed by atoms with Crippen molar-refractivity contribution < 1.29 is 9.90 Å². The number of benzene rings is 2. The third-order valence-corrected chi connectivity index (χ3v) is 4.73. The first-order valence-electron chi connectivity index (χ1n) is 8.48. The second-order valence-electron chi connectivity index (χ2n) is 7.07. The van der Waals surface area contributed by atoms with Crippen LogP contribution in [-0.4, -0.2) is 29.8 Å². The fourth-order valence-electron chi connectivity index (χ4n) is 3.13. The summed E-state index contributed by atoms with van der Waals surface area (Å²) >= 11 is 0. The molecule has 1 aliphatic heterocycles. The minimum atomic E-state index is -0.368. The van der Waals surface area contributed by atoms with Crippen molar-refractivity contribution in [2.24, 2.45) is 5.10 Å². The summed E-state index contributed by atoms with van der Waals surface area (Å²) in [6, 6.07) is 12.3. The highest BCUT2D eigenvalue weighted by molar-refractivity contribution is 5.95. The van der Waals surface area contributed by atoms with Gasteiger partial charge in [0.2, 0.25) is 0 Å². The van der Waals surface area contributed by atoms with Crippen molar-refractivity contribution in [2.45, 2.75) is 26.3 Å². The lowest BCUT2D eigenvalue weighted by molar-refractivity contribution is 0.0954. The molecular formula is C21H23N3O2. The van der Waals surface area contributed by atoms with Gasteiger partial charge in [-0.05, 0) is 62.2 Å². The third kappa shape index (κ3) is 3.47. The monoisotopic (exact) mass is 349 g/mol. The molecule has 134 valence electrons. The first kappa shape index (κ1) is 17.7. The summed E-state index contributed by atoms with van der Waals surface area (Å²) in [6.45, 7) is 6.48. The van der Waals surface area contributed by atoms with Crippen LogP contribution in [0, 0.1) is 0 Å². The molecule has 0 atom stereocenters. The second kappa shape index (κ2) is 6.67. The Morgan fingerprint density at radius 1 is 1.23 bits per heavy atom. The van der Waals surface area contributed by atoms with Crippen LogP contribution in [0.4, 0.5) is 5.69 Å². The van der Waals surface area contributed by atoms with Gasteiger partial charge < -0.3 is 10.0 Å². The quantitative estimate of drug-likeness (QED) is 0.654. The number of aromatic hydroxyl groups is 1. The molecule has 1 aliphatic rings. The first-order valence-corrected chi connectivity index (χ1v) is 8.48. The van der Waals surface area contributed by atoms with E-state index in [1.807, 2.05) is 6.07 Å². The topological polar surface area (TPSA) is 64.9 Å². The maximum atomic E-state index is 12.0. The zero-order valence-corrected chi connectivity index (χ0v) is 15.4. The SMILES string of the molecule is CC1=CC(C)(C)N(C)c2ccc(/C=N/NC(=O)c3cccc(O)c3)cc21. The predicted octanol–water partition coefficient (Wildman–Crippen LogP) is 3.79. The molecule has 2 N–H and O–H groups in total. The maximum absolute atomic E-state index is 12.0. The molecule has 3 rings (SSSR count). The highest BCUT2D eigenvalue weighted by Gasteiger charge is 2.28. The van der Waals surface area contributed by atoms with Gasteiger partial charge in [-0.3, -0.25) is 4.79 Å². The molecule has 0 saturated heterocycles. The number of phenolic OH excluding ortho intramolecular Hbond substituents is 1. The number of carbonyl (C=O) groups is 1. The smallest absolute Gasteiger partial charge is 0.271 e. The van der Waals surface area contributed by atoms with Gasteiger partial charge in [0.05, 0.1) is 11.8 Å². The molecule has 0 unspecified atom stereocenters. The Kier molecular flexibility index (Phi) is 4.55. The van der Waals surface area contributed by atoms with E-state index in [0.29, 0.717) is 5.56 Å². The van der Waals surface area contributed by atoms with E-state index in [2.05, 4.69) is 61.5 Å². The molecule has 5 nitrogen and oxygen atoms in total. The Hall–Kier alpha value is -3.08. The van der Waals surface area contributed by atoms with Crippen molar-refractivity contribution in [2.75, 3.05) is 11.9 Å². The maximum Gasteiger partial charge on any atom is 0.271 e. The number of hydrogen-bond donors (Lipinski definition) is 2. The third-order valence-electron chi connectivity index (χ3n) is 4.73. The molecule has 0 aromatic heterocycles. The Bertz CT molecular complexity index is 913. The number of fused-ring (bicyclic) bond motifs is 1. The van der Waals surface area contributed by atoms with Crippen molar-refractivity contribution in [3.8, 4) is 5.75 Å². The van der Waals surface area contributed by atoms with Gasteiger partial charge in [-0.1, -0.05) is 18.2 Å². The lowest BCUT2D eigenvalue weighted by Gasteiger charge is -2.40. The van der Waals surface area contributed by atoms with E-state index in [1.54, 1.807) is 18.3 Å². The number of rotatable bonds is 3. The lowest BCUT2D eigenvalue weighted by Crippen LogP contribution is -2.42. The molecule has 0 fully saturated rings. The number of likely N-dealkylation sites (N-methyl/N-ethyl adjacent to an activating group) is 1. The van der Waals surface area contributed by atoms with Gasteiger partial charge in [-0.2, -0.15) is 5.10 Å². The van der Waals surface area contributed by atoms with Gasteiger partial charge >= 0.3 is 0 Å². The van der Waals surface area contributed by atoms with E-state index in [4.69, 9.17) is 0 Å². The Morgan fingerprint density at radius 2 is 2.00 bits per heavy atom.